The molecule has 2 atom stereocenters. The number of hydrogen-bond donors (Lipinski definition) is 1. The first kappa shape index (κ1) is 8.52. The van der Waals surface area contributed by atoms with E-state index >= 15 is 0 Å². The molecular formula is C10H19NO. The summed E-state index contributed by atoms with van der Waals surface area (Å²) in [5.74, 6) is 0.631. The zero-order valence-electron chi connectivity index (χ0n) is 7.88. The summed E-state index contributed by atoms with van der Waals surface area (Å²) < 4.78 is 5.45. The first-order chi connectivity index (χ1) is 5.72. The van der Waals surface area contributed by atoms with Crippen LogP contribution >= 0.6 is 0 Å². The smallest absolute Gasteiger partial charge is 0.0509 e. The molecule has 0 aromatic rings. The Balaban J connectivity index is 1.89. The van der Waals surface area contributed by atoms with E-state index in [1.165, 1.54) is 25.7 Å². The topological polar surface area (TPSA) is 35.2 Å². The van der Waals surface area contributed by atoms with Crippen molar-refractivity contribution in [1.29, 1.82) is 0 Å². The average Bonchev–Trinajstić information content (AvgIpc) is 2.85. The van der Waals surface area contributed by atoms with Gasteiger partial charge in [0.05, 0.1) is 6.61 Å². The van der Waals surface area contributed by atoms with Crippen LogP contribution in [0.5, 0.6) is 0 Å². The Morgan fingerprint density at radius 1 is 1.50 bits per heavy atom. The fourth-order valence-electron chi connectivity index (χ4n) is 2.15. The highest BCUT2D eigenvalue weighted by molar-refractivity contribution is 5.00. The second-order valence-electron chi connectivity index (χ2n) is 4.66. The summed E-state index contributed by atoms with van der Waals surface area (Å²) in [5, 5.41) is 0. The SMILES string of the molecule is CC1(C(N)C2CCCOC2)CC1. The summed E-state index contributed by atoms with van der Waals surface area (Å²) >= 11 is 0. The third-order valence-corrected chi connectivity index (χ3v) is 3.55. The van der Waals surface area contributed by atoms with Gasteiger partial charge in [0, 0.05) is 12.6 Å². The fourth-order valence-corrected chi connectivity index (χ4v) is 2.15. The normalized spacial score (nSPS) is 36.0. The first-order valence-electron chi connectivity index (χ1n) is 5.06. The van der Waals surface area contributed by atoms with Crippen LogP contribution in [-0.2, 0) is 4.74 Å². The zero-order chi connectivity index (χ0) is 8.60. The Bertz CT molecular complexity index is 159. The Morgan fingerprint density at radius 3 is 2.75 bits per heavy atom. The number of hydrogen-bond acceptors (Lipinski definition) is 2. The van der Waals surface area contributed by atoms with Crippen LogP contribution in [-0.4, -0.2) is 19.3 Å². The standard InChI is InChI=1S/C10H19NO/c1-10(4-5-10)9(11)8-3-2-6-12-7-8/h8-9H,2-7,11H2,1H3. The van der Waals surface area contributed by atoms with Crippen molar-refractivity contribution in [3.8, 4) is 0 Å². The molecule has 2 nitrogen and oxygen atoms in total. The highest BCUT2D eigenvalue weighted by Crippen LogP contribution is 2.50. The minimum atomic E-state index is 0.387. The van der Waals surface area contributed by atoms with Crippen molar-refractivity contribution >= 4 is 0 Å². The second kappa shape index (κ2) is 3.00. The molecule has 0 bridgehead atoms. The zero-order valence-corrected chi connectivity index (χ0v) is 7.88. The molecule has 0 aromatic carbocycles. The molecule has 2 N–H and O–H groups in total. The third kappa shape index (κ3) is 1.50. The van der Waals surface area contributed by atoms with Crippen LogP contribution in [0, 0.1) is 11.3 Å². The molecule has 70 valence electrons. The molecule has 1 aliphatic heterocycles. The largest absolute Gasteiger partial charge is 0.381 e. The van der Waals surface area contributed by atoms with E-state index < -0.39 is 0 Å². The van der Waals surface area contributed by atoms with Crippen LogP contribution in [0.2, 0.25) is 0 Å². The molecule has 0 aromatic heterocycles. The van der Waals surface area contributed by atoms with Crippen LogP contribution in [0.25, 0.3) is 0 Å². The van der Waals surface area contributed by atoms with E-state index in [1.54, 1.807) is 0 Å². The van der Waals surface area contributed by atoms with Gasteiger partial charge in [-0.3, -0.25) is 0 Å². The third-order valence-electron chi connectivity index (χ3n) is 3.55. The van der Waals surface area contributed by atoms with Crippen molar-refractivity contribution in [3.05, 3.63) is 0 Å². The quantitative estimate of drug-likeness (QED) is 0.680. The van der Waals surface area contributed by atoms with Crippen LogP contribution in [0.1, 0.15) is 32.6 Å². The van der Waals surface area contributed by atoms with Gasteiger partial charge in [-0.1, -0.05) is 6.92 Å². The lowest BCUT2D eigenvalue weighted by molar-refractivity contribution is 0.0350. The highest BCUT2D eigenvalue weighted by Gasteiger charge is 2.46. The summed E-state index contributed by atoms with van der Waals surface area (Å²) in [5.41, 5.74) is 6.67. The molecule has 2 unspecified atom stereocenters. The average molecular weight is 169 g/mol. The lowest BCUT2D eigenvalue weighted by Crippen LogP contribution is -2.41. The fraction of sp³-hybridized carbons (Fsp3) is 1.00. The molecule has 0 spiro atoms. The van der Waals surface area contributed by atoms with Crippen molar-refractivity contribution in [2.24, 2.45) is 17.1 Å². The minimum absolute atomic E-state index is 0.387. The van der Waals surface area contributed by atoms with Crippen molar-refractivity contribution in [1.82, 2.24) is 0 Å². The predicted octanol–water partition coefficient (Wildman–Crippen LogP) is 1.54. The van der Waals surface area contributed by atoms with Crippen LogP contribution in [0.15, 0.2) is 0 Å². The van der Waals surface area contributed by atoms with E-state index in [2.05, 4.69) is 6.92 Å². The van der Waals surface area contributed by atoms with E-state index in [0.717, 1.165) is 13.2 Å². The van der Waals surface area contributed by atoms with Gasteiger partial charge < -0.3 is 10.5 Å². The van der Waals surface area contributed by atoms with Gasteiger partial charge in [-0.25, -0.2) is 0 Å². The summed E-state index contributed by atoms with van der Waals surface area (Å²) in [7, 11) is 0. The monoisotopic (exact) mass is 169 g/mol. The summed E-state index contributed by atoms with van der Waals surface area (Å²) in [6.45, 7) is 4.16. The maximum absolute atomic E-state index is 6.21. The summed E-state index contributed by atoms with van der Waals surface area (Å²) in [6.07, 6.45) is 5.13. The Morgan fingerprint density at radius 2 is 2.25 bits per heavy atom. The molecule has 2 aliphatic rings. The van der Waals surface area contributed by atoms with Crippen molar-refractivity contribution in [3.63, 3.8) is 0 Å². The molecular weight excluding hydrogens is 150 g/mol. The number of nitrogens with two attached hydrogens (primary N) is 1. The molecule has 2 heteroatoms. The lowest BCUT2D eigenvalue weighted by atomic mass is 9.84. The molecule has 2 rings (SSSR count). The van der Waals surface area contributed by atoms with E-state index in [9.17, 15) is 0 Å². The Hall–Kier alpha value is -0.0800. The molecule has 1 saturated carbocycles. The summed E-state index contributed by atoms with van der Waals surface area (Å²) in [4.78, 5) is 0. The van der Waals surface area contributed by atoms with Gasteiger partial charge in [-0.05, 0) is 37.0 Å². The van der Waals surface area contributed by atoms with E-state index in [0.29, 0.717) is 17.4 Å². The first-order valence-corrected chi connectivity index (χ1v) is 5.06. The van der Waals surface area contributed by atoms with Crippen LogP contribution in [0.4, 0.5) is 0 Å². The molecule has 1 heterocycles. The molecule has 1 saturated heterocycles. The van der Waals surface area contributed by atoms with E-state index in [-0.39, 0.29) is 0 Å². The van der Waals surface area contributed by atoms with E-state index in [4.69, 9.17) is 10.5 Å². The van der Waals surface area contributed by atoms with Gasteiger partial charge in [-0.15, -0.1) is 0 Å². The molecule has 2 fully saturated rings. The maximum Gasteiger partial charge on any atom is 0.0509 e. The maximum atomic E-state index is 6.21. The Kier molecular flexibility index (Phi) is 2.13. The second-order valence-corrected chi connectivity index (χ2v) is 4.66. The minimum Gasteiger partial charge on any atom is -0.381 e. The molecule has 12 heavy (non-hydrogen) atoms. The van der Waals surface area contributed by atoms with Crippen molar-refractivity contribution in [2.75, 3.05) is 13.2 Å². The van der Waals surface area contributed by atoms with Gasteiger partial charge in [-0.2, -0.15) is 0 Å². The highest BCUT2D eigenvalue weighted by atomic mass is 16.5. The van der Waals surface area contributed by atoms with Crippen molar-refractivity contribution < 1.29 is 4.74 Å². The van der Waals surface area contributed by atoms with E-state index in [1.807, 2.05) is 0 Å². The Labute approximate surface area is 74.5 Å². The number of ether oxygens (including phenoxy) is 1. The van der Waals surface area contributed by atoms with Gasteiger partial charge in [0.1, 0.15) is 0 Å². The van der Waals surface area contributed by atoms with Gasteiger partial charge in [0.25, 0.3) is 0 Å². The van der Waals surface area contributed by atoms with Crippen molar-refractivity contribution in [2.45, 2.75) is 38.6 Å². The molecule has 1 aliphatic carbocycles. The molecule has 0 radical (unpaired) electrons. The lowest BCUT2D eigenvalue weighted by Gasteiger charge is -2.31. The van der Waals surface area contributed by atoms with Gasteiger partial charge in [0.2, 0.25) is 0 Å². The van der Waals surface area contributed by atoms with Gasteiger partial charge >= 0.3 is 0 Å². The predicted molar refractivity (Wildman–Crippen MR) is 48.9 cm³/mol. The summed E-state index contributed by atoms with van der Waals surface area (Å²) in [6, 6.07) is 0.387. The van der Waals surface area contributed by atoms with Crippen LogP contribution in [0.3, 0.4) is 0 Å². The number of rotatable bonds is 2. The van der Waals surface area contributed by atoms with Crippen LogP contribution < -0.4 is 5.73 Å². The molecule has 0 amide bonds. The van der Waals surface area contributed by atoms with Gasteiger partial charge in [0.15, 0.2) is 0 Å².